The minimum Gasteiger partial charge on any atom is -0.159 e. The Hall–Kier alpha value is -0.920. The number of nitrogens with zero attached hydrogens (tertiary/aromatic N) is 2. The third kappa shape index (κ3) is 74.0. The van der Waals surface area contributed by atoms with E-state index < -0.39 is 0 Å². The first kappa shape index (κ1) is 29.4. The smallest absolute Gasteiger partial charge is 0.0496 e. The van der Waals surface area contributed by atoms with E-state index in [4.69, 9.17) is 0 Å². The standard InChI is InChI=1S/C4H4N2.5C2H6/c1-2-4-6-5-3-1;5*1-2/h1-4H;5*1-2H3. The van der Waals surface area contributed by atoms with Crippen molar-refractivity contribution in [2.45, 2.75) is 69.2 Å². The molecule has 0 aliphatic carbocycles. The van der Waals surface area contributed by atoms with E-state index in [2.05, 4.69) is 10.2 Å². The molecule has 0 aromatic carbocycles. The quantitative estimate of drug-likeness (QED) is 0.579. The van der Waals surface area contributed by atoms with Gasteiger partial charge >= 0.3 is 0 Å². The molecule has 0 N–H and O–H groups in total. The van der Waals surface area contributed by atoms with Crippen molar-refractivity contribution in [1.82, 2.24) is 10.2 Å². The van der Waals surface area contributed by atoms with E-state index in [9.17, 15) is 0 Å². The first-order chi connectivity index (χ1) is 8.00. The molecule has 1 rings (SSSR count). The van der Waals surface area contributed by atoms with E-state index in [0.717, 1.165) is 0 Å². The van der Waals surface area contributed by atoms with Crippen LogP contribution in [0.1, 0.15) is 69.2 Å². The SMILES string of the molecule is CC.CC.CC.CC.CC.c1ccnnc1. The molecule has 0 unspecified atom stereocenters. The molecule has 1 aromatic heterocycles. The third-order valence-electron chi connectivity index (χ3n) is 0.483. The van der Waals surface area contributed by atoms with Gasteiger partial charge in [0, 0.05) is 12.4 Å². The lowest BCUT2D eigenvalue weighted by molar-refractivity contribution is 1.03. The molecule has 16 heavy (non-hydrogen) atoms. The van der Waals surface area contributed by atoms with E-state index >= 15 is 0 Å². The molecule has 2 heteroatoms. The average Bonchev–Trinajstić information content (AvgIpc) is 2.51. The Morgan fingerprint density at radius 2 is 0.625 bits per heavy atom. The van der Waals surface area contributed by atoms with E-state index in [-0.39, 0.29) is 0 Å². The van der Waals surface area contributed by atoms with E-state index in [0.29, 0.717) is 0 Å². The molecule has 0 bridgehead atoms. The molecular formula is C14H34N2. The summed E-state index contributed by atoms with van der Waals surface area (Å²) in [6.45, 7) is 20.0. The number of aromatic nitrogens is 2. The summed E-state index contributed by atoms with van der Waals surface area (Å²) in [5, 5.41) is 7.07. The monoisotopic (exact) mass is 230 g/mol. The van der Waals surface area contributed by atoms with Gasteiger partial charge < -0.3 is 0 Å². The van der Waals surface area contributed by atoms with Crippen LogP contribution >= 0.6 is 0 Å². The number of hydrogen-bond donors (Lipinski definition) is 0. The molecule has 0 saturated carbocycles. The summed E-state index contributed by atoms with van der Waals surface area (Å²) >= 11 is 0. The minimum absolute atomic E-state index is 1.64. The molecular weight excluding hydrogens is 196 g/mol. The maximum absolute atomic E-state index is 3.53. The summed E-state index contributed by atoms with van der Waals surface area (Å²) in [7, 11) is 0. The van der Waals surface area contributed by atoms with Gasteiger partial charge in [0.1, 0.15) is 0 Å². The predicted octanol–water partition coefficient (Wildman–Crippen LogP) is 5.61. The summed E-state index contributed by atoms with van der Waals surface area (Å²) in [4.78, 5) is 0. The second kappa shape index (κ2) is 93.3. The maximum atomic E-state index is 3.53. The maximum Gasteiger partial charge on any atom is 0.0496 e. The Bertz CT molecular complexity index is 80.7. The largest absolute Gasteiger partial charge is 0.159 e. The summed E-state index contributed by atoms with van der Waals surface area (Å²) in [5.74, 6) is 0. The molecule has 0 spiro atoms. The molecule has 0 radical (unpaired) electrons. The predicted molar refractivity (Wildman–Crippen MR) is 78.8 cm³/mol. The molecule has 1 aromatic rings. The van der Waals surface area contributed by atoms with Crippen LogP contribution in [0.2, 0.25) is 0 Å². The lowest BCUT2D eigenvalue weighted by Gasteiger charge is -1.69. The lowest BCUT2D eigenvalue weighted by Crippen LogP contribution is -1.69. The van der Waals surface area contributed by atoms with E-state index in [1.165, 1.54) is 0 Å². The van der Waals surface area contributed by atoms with Crippen LogP contribution in [-0.4, -0.2) is 10.2 Å². The molecule has 0 aliphatic heterocycles. The van der Waals surface area contributed by atoms with Gasteiger partial charge in [-0.15, -0.1) is 0 Å². The number of hydrogen-bond acceptors (Lipinski definition) is 2. The van der Waals surface area contributed by atoms with Crippen LogP contribution in [0.4, 0.5) is 0 Å². The van der Waals surface area contributed by atoms with Crippen LogP contribution < -0.4 is 0 Å². The van der Waals surface area contributed by atoms with Crippen molar-refractivity contribution in [3.05, 3.63) is 24.5 Å². The van der Waals surface area contributed by atoms with Crippen molar-refractivity contribution in [3.8, 4) is 0 Å². The van der Waals surface area contributed by atoms with Crippen LogP contribution in [0, 0.1) is 0 Å². The van der Waals surface area contributed by atoms with Crippen molar-refractivity contribution in [1.29, 1.82) is 0 Å². The van der Waals surface area contributed by atoms with Crippen molar-refractivity contribution < 1.29 is 0 Å². The van der Waals surface area contributed by atoms with Crippen LogP contribution in [0.15, 0.2) is 24.5 Å². The van der Waals surface area contributed by atoms with Crippen LogP contribution in [0.3, 0.4) is 0 Å². The Balaban J connectivity index is -0.0000000351. The third-order valence-corrected chi connectivity index (χ3v) is 0.483. The summed E-state index contributed by atoms with van der Waals surface area (Å²) in [6, 6.07) is 3.65. The Labute approximate surface area is 105 Å². The summed E-state index contributed by atoms with van der Waals surface area (Å²) < 4.78 is 0. The molecule has 0 atom stereocenters. The Kier molecular flexibility index (Phi) is 172. The molecule has 100 valence electrons. The second-order valence-electron chi connectivity index (χ2n) is 0.914. The minimum atomic E-state index is 1.64. The fourth-order valence-electron chi connectivity index (χ4n) is 0.253. The highest BCUT2D eigenvalue weighted by Crippen LogP contribution is 1.68. The average molecular weight is 230 g/mol. The zero-order chi connectivity index (χ0) is 14.2. The molecule has 0 saturated heterocycles. The first-order valence-electron chi connectivity index (χ1n) is 6.72. The molecule has 2 nitrogen and oxygen atoms in total. The molecule has 0 aliphatic rings. The van der Waals surface area contributed by atoms with Gasteiger partial charge in [0.05, 0.1) is 0 Å². The zero-order valence-electron chi connectivity index (χ0n) is 13.2. The Morgan fingerprint density at radius 1 is 0.438 bits per heavy atom. The summed E-state index contributed by atoms with van der Waals surface area (Å²) in [6.07, 6.45) is 3.28. The van der Waals surface area contributed by atoms with Gasteiger partial charge in [-0.3, -0.25) is 0 Å². The van der Waals surface area contributed by atoms with Crippen molar-refractivity contribution in [2.24, 2.45) is 0 Å². The highest BCUT2D eigenvalue weighted by molar-refractivity contribution is 4.79. The van der Waals surface area contributed by atoms with Crippen molar-refractivity contribution in [2.75, 3.05) is 0 Å². The molecule has 0 amide bonds. The van der Waals surface area contributed by atoms with E-state index in [1.54, 1.807) is 12.4 Å². The second-order valence-corrected chi connectivity index (χ2v) is 0.914. The number of rotatable bonds is 0. The van der Waals surface area contributed by atoms with E-state index in [1.807, 2.05) is 81.4 Å². The first-order valence-corrected chi connectivity index (χ1v) is 6.72. The van der Waals surface area contributed by atoms with Gasteiger partial charge in [-0.05, 0) is 12.1 Å². The van der Waals surface area contributed by atoms with Gasteiger partial charge in [0.15, 0.2) is 0 Å². The fraction of sp³-hybridized carbons (Fsp3) is 0.714. The van der Waals surface area contributed by atoms with Gasteiger partial charge in [-0.2, -0.15) is 10.2 Å². The van der Waals surface area contributed by atoms with Crippen LogP contribution in [-0.2, 0) is 0 Å². The van der Waals surface area contributed by atoms with Crippen LogP contribution in [0.25, 0.3) is 0 Å². The normalized spacial score (nSPS) is 4.88. The molecule has 0 fully saturated rings. The summed E-state index contributed by atoms with van der Waals surface area (Å²) in [5.41, 5.74) is 0. The Morgan fingerprint density at radius 3 is 0.688 bits per heavy atom. The van der Waals surface area contributed by atoms with Crippen molar-refractivity contribution in [3.63, 3.8) is 0 Å². The van der Waals surface area contributed by atoms with Crippen molar-refractivity contribution >= 4 is 0 Å². The lowest BCUT2D eigenvalue weighted by atomic mass is 10.6. The van der Waals surface area contributed by atoms with Gasteiger partial charge in [-0.1, -0.05) is 69.2 Å². The fourth-order valence-corrected chi connectivity index (χ4v) is 0.253. The highest BCUT2D eigenvalue weighted by Gasteiger charge is 1.59. The highest BCUT2D eigenvalue weighted by atomic mass is 15.1. The van der Waals surface area contributed by atoms with Gasteiger partial charge in [-0.25, -0.2) is 0 Å². The van der Waals surface area contributed by atoms with Gasteiger partial charge in [0.25, 0.3) is 0 Å². The van der Waals surface area contributed by atoms with Crippen LogP contribution in [0.5, 0.6) is 0 Å². The molecule has 1 heterocycles. The zero-order valence-corrected chi connectivity index (χ0v) is 13.2. The van der Waals surface area contributed by atoms with Gasteiger partial charge in [0.2, 0.25) is 0 Å². The topological polar surface area (TPSA) is 25.8 Å².